The van der Waals surface area contributed by atoms with Crippen LogP contribution in [-0.4, -0.2) is 33.0 Å². The van der Waals surface area contributed by atoms with Crippen LogP contribution in [0.1, 0.15) is 23.0 Å². The van der Waals surface area contributed by atoms with Crippen LogP contribution in [0, 0.1) is 6.92 Å². The fourth-order valence-corrected chi connectivity index (χ4v) is 3.26. The summed E-state index contributed by atoms with van der Waals surface area (Å²) in [4.78, 5) is 17.2. The van der Waals surface area contributed by atoms with Gasteiger partial charge in [0.25, 0.3) is 0 Å². The monoisotopic (exact) mass is 308 g/mol. The molecule has 0 N–H and O–H groups in total. The van der Waals surface area contributed by atoms with E-state index in [1.54, 1.807) is 13.0 Å². The minimum absolute atomic E-state index is 0.255. The van der Waals surface area contributed by atoms with E-state index < -0.39 is 5.97 Å². The van der Waals surface area contributed by atoms with Crippen molar-refractivity contribution in [2.75, 3.05) is 6.61 Å². The number of ether oxygens (including phenoxy) is 1. The first-order chi connectivity index (χ1) is 9.61. The van der Waals surface area contributed by atoms with Gasteiger partial charge in [-0.2, -0.15) is 0 Å². The molecule has 3 rings (SSSR count). The highest BCUT2D eigenvalue weighted by molar-refractivity contribution is 7.26. The van der Waals surface area contributed by atoms with Crippen molar-refractivity contribution in [3.8, 4) is 0 Å². The van der Waals surface area contributed by atoms with E-state index in [0.717, 1.165) is 5.69 Å². The predicted octanol–water partition coefficient (Wildman–Crippen LogP) is 2.77. The first-order valence-electron chi connectivity index (χ1n) is 5.87. The molecule has 0 amide bonds. The summed E-state index contributed by atoms with van der Waals surface area (Å²) in [5.41, 5.74) is 1.68. The summed E-state index contributed by atoms with van der Waals surface area (Å²) in [5.74, 6) is -0.405. The molecule has 0 saturated carbocycles. The molecule has 0 aliphatic heterocycles. The number of esters is 1. The van der Waals surface area contributed by atoms with Crippen molar-refractivity contribution in [1.29, 1.82) is 0 Å². The Morgan fingerprint density at radius 3 is 3.00 bits per heavy atom. The van der Waals surface area contributed by atoms with Crippen molar-refractivity contribution in [2.24, 2.45) is 0 Å². The molecule has 6 nitrogen and oxygen atoms in total. The Balaban J connectivity index is 2.41. The third-order valence-corrected chi connectivity index (χ3v) is 4.18. The molecule has 102 valence electrons. The van der Waals surface area contributed by atoms with Crippen LogP contribution in [0.25, 0.3) is 20.4 Å². The molecule has 3 aromatic heterocycles. The first kappa shape index (κ1) is 13.1. The Morgan fingerprint density at radius 1 is 1.45 bits per heavy atom. The number of thiophene rings is 1. The number of fused-ring (bicyclic) bond motifs is 3. The number of hydrogen-bond donors (Lipinski definition) is 0. The van der Waals surface area contributed by atoms with Gasteiger partial charge in [-0.3, -0.25) is 0 Å². The zero-order valence-corrected chi connectivity index (χ0v) is 12.2. The molecule has 0 aliphatic rings. The Kier molecular flexibility index (Phi) is 3.23. The molecule has 8 heteroatoms. The fourth-order valence-electron chi connectivity index (χ4n) is 1.96. The highest BCUT2D eigenvalue weighted by atomic mass is 35.5. The van der Waals surface area contributed by atoms with Gasteiger partial charge in [0.15, 0.2) is 5.15 Å². The standard InChI is InChI=1S/C12H9ClN4O2S/c1-3-19-12(18)6-4-5(2)14-11-7(6)8-9(20-11)10(13)16-17-15-8/h4H,3H2,1-2H3. The maximum atomic E-state index is 12.1. The molecule has 0 aliphatic carbocycles. The van der Waals surface area contributed by atoms with Crippen molar-refractivity contribution in [3.63, 3.8) is 0 Å². The maximum Gasteiger partial charge on any atom is 0.338 e. The summed E-state index contributed by atoms with van der Waals surface area (Å²) in [6, 6.07) is 1.68. The number of rotatable bonds is 2. The second-order valence-corrected chi connectivity index (χ2v) is 5.43. The zero-order valence-electron chi connectivity index (χ0n) is 10.7. The van der Waals surface area contributed by atoms with Crippen molar-refractivity contribution in [1.82, 2.24) is 20.4 Å². The minimum Gasteiger partial charge on any atom is -0.462 e. The van der Waals surface area contributed by atoms with Crippen molar-refractivity contribution in [2.45, 2.75) is 13.8 Å². The third-order valence-electron chi connectivity index (χ3n) is 2.72. The van der Waals surface area contributed by atoms with E-state index in [-0.39, 0.29) is 5.15 Å². The van der Waals surface area contributed by atoms with Crippen LogP contribution in [0.15, 0.2) is 6.07 Å². The van der Waals surface area contributed by atoms with E-state index in [9.17, 15) is 4.79 Å². The van der Waals surface area contributed by atoms with Crippen LogP contribution < -0.4 is 0 Å². The summed E-state index contributed by atoms with van der Waals surface area (Å²) in [7, 11) is 0. The van der Waals surface area contributed by atoms with E-state index in [1.165, 1.54) is 11.3 Å². The van der Waals surface area contributed by atoms with Gasteiger partial charge < -0.3 is 4.74 Å². The lowest BCUT2D eigenvalue weighted by Gasteiger charge is -2.04. The van der Waals surface area contributed by atoms with Crippen LogP contribution in [0.4, 0.5) is 0 Å². The molecule has 0 fully saturated rings. The lowest BCUT2D eigenvalue weighted by molar-refractivity contribution is 0.0528. The van der Waals surface area contributed by atoms with Gasteiger partial charge in [0.2, 0.25) is 0 Å². The van der Waals surface area contributed by atoms with Gasteiger partial charge in [-0.25, -0.2) is 9.78 Å². The fraction of sp³-hybridized carbons (Fsp3) is 0.250. The number of hydrogen-bond acceptors (Lipinski definition) is 7. The predicted molar refractivity (Wildman–Crippen MR) is 76.2 cm³/mol. The average Bonchev–Trinajstić information content (AvgIpc) is 2.78. The molecule has 0 atom stereocenters. The molecule has 0 bridgehead atoms. The summed E-state index contributed by atoms with van der Waals surface area (Å²) >= 11 is 7.35. The summed E-state index contributed by atoms with van der Waals surface area (Å²) in [6.45, 7) is 3.88. The Hall–Kier alpha value is -1.86. The van der Waals surface area contributed by atoms with E-state index in [1.807, 2.05) is 6.92 Å². The molecular weight excluding hydrogens is 300 g/mol. The molecular formula is C12H9ClN4O2S. The topological polar surface area (TPSA) is 77.9 Å². The Morgan fingerprint density at radius 2 is 2.25 bits per heavy atom. The molecule has 0 radical (unpaired) electrons. The molecule has 3 aromatic rings. The van der Waals surface area contributed by atoms with E-state index in [0.29, 0.717) is 32.6 Å². The van der Waals surface area contributed by atoms with Crippen LogP contribution >= 0.6 is 22.9 Å². The van der Waals surface area contributed by atoms with E-state index in [4.69, 9.17) is 16.3 Å². The molecule has 0 aromatic carbocycles. The smallest absolute Gasteiger partial charge is 0.338 e. The van der Waals surface area contributed by atoms with Crippen molar-refractivity contribution in [3.05, 3.63) is 22.5 Å². The van der Waals surface area contributed by atoms with E-state index in [2.05, 4.69) is 20.4 Å². The SMILES string of the molecule is CCOC(=O)c1cc(C)nc2sc3c(Cl)nnnc3c12. The summed E-state index contributed by atoms with van der Waals surface area (Å²) < 4.78 is 5.75. The van der Waals surface area contributed by atoms with Gasteiger partial charge in [0.05, 0.1) is 22.3 Å². The van der Waals surface area contributed by atoms with Crippen molar-refractivity contribution < 1.29 is 9.53 Å². The highest BCUT2D eigenvalue weighted by Gasteiger charge is 2.20. The van der Waals surface area contributed by atoms with Gasteiger partial charge >= 0.3 is 5.97 Å². The normalized spacial score (nSPS) is 11.2. The highest BCUT2D eigenvalue weighted by Crippen LogP contribution is 2.36. The quantitative estimate of drug-likeness (QED) is 0.677. The number of carbonyl (C=O) groups is 1. The lowest BCUT2D eigenvalue weighted by Crippen LogP contribution is -2.06. The number of carbonyl (C=O) groups excluding carboxylic acids is 1. The zero-order chi connectivity index (χ0) is 14.3. The van der Waals surface area contributed by atoms with Gasteiger partial charge in [0.1, 0.15) is 10.3 Å². The lowest BCUT2D eigenvalue weighted by atomic mass is 10.1. The van der Waals surface area contributed by atoms with E-state index >= 15 is 0 Å². The summed E-state index contributed by atoms with van der Waals surface area (Å²) in [6.07, 6.45) is 0. The van der Waals surface area contributed by atoms with Gasteiger partial charge in [0, 0.05) is 5.69 Å². The average molecular weight is 309 g/mol. The Bertz CT molecular complexity index is 833. The number of halogens is 1. The minimum atomic E-state index is -0.405. The number of aryl methyl sites for hydroxylation is 1. The van der Waals surface area contributed by atoms with Crippen LogP contribution in [-0.2, 0) is 4.74 Å². The molecule has 0 unspecified atom stereocenters. The first-order valence-corrected chi connectivity index (χ1v) is 7.07. The second-order valence-electron chi connectivity index (χ2n) is 4.07. The van der Waals surface area contributed by atoms with Crippen LogP contribution in [0.2, 0.25) is 5.15 Å². The number of nitrogens with zero attached hydrogens (tertiary/aromatic N) is 4. The van der Waals surface area contributed by atoms with Gasteiger partial charge in [-0.1, -0.05) is 11.6 Å². The van der Waals surface area contributed by atoms with Crippen molar-refractivity contribution >= 4 is 49.3 Å². The third kappa shape index (κ3) is 1.99. The van der Waals surface area contributed by atoms with Gasteiger partial charge in [-0.15, -0.1) is 21.5 Å². The molecule has 20 heavy (non-hydrogen) atoms. The number of aromatic nitrogens is 4. The second kappa shape index (κ2) is 4.92. The van der Waals surface area contributed by atoms with Crippen LogP contribution in [0.3, 0.4) is 0 Å². The largest absolute Gasteiger partial charge is 0.462 e. The number of pyridine rings is 1. The Labute approximate surface area is 122 Å². The summed E-state index contributed by atoms with van der Waals surface area (Å²) in [5, 5.41) is 12.2. The maximum absolute atomic E-state index is 12.1. The molecule has 0 spiro atoms. The molecule has 0 saturated heterocycles. The van der Waals surface area contributed by atoms with Gasteiger partial charge in [-0.05, 0) is 25.1 Å². The molecule has 3 heterocycles. The van der Waals surface area contributed by atoms with Crippen LogP contribution in [0.5, 0.6) is 0 Å².